The number of aliphatic carboxylic acids is 1. The van der Waals surface area contributed by atoms with Gasteiger partial charge in [-0.1, -0.05) is 44.2 Å². The Morgan fingerprint density at radius 2 is 1.73 bits per heavy atom. The predicted octanol–water partition coefficient (Wildman–Crippen LogP) is 4.37. The monoisotopic (exact) mass is 356 g/mol. The molecule has 2 aromatic carbocycles. The smallest absolute Gasteiger partial charge is 0.328 e. The molecule has 0 heterocycles. The van der Waals surface area contributed by atoms with Gasteiger partial charge in [0.1, 0.15) is 19.0 Å². The molecule has 0 saturated carbocycles. The average Bonchev–Trinajstić information content (AvgIpc) is 2.63. The van der Waals surface area contributed by atoms with Gasteiger partial charge in [0.15, 0.2) is 11.5 Å². The lowest BCUT2D eigenvalue weighted by molar-refractivity contribution is -0.131. The summed E-state index contributed by atoms with van der Waals surface area (Å²) in [6, 6.07) is 13.2. The van der Waals surface area contributed by atoms with Crippen molar-refractivity contribution >= 4 is 12.0 Å². The van der Waals surface area contributed by atoms with Crippen molar-refractivity contribution in [3.63, 3.8) is 0 Å². The number of carbonyl (C=O) groups is 1. The molecule has 1 N–H and O–H groups in total. The summed E-state index contributed by atoms with van der Waals surface area (Å²) in [5.41, 5.74) is 1.78. The summed E-state index contributed by atoms with van der Waals surface area (Å²) in [7, 11) is 1.54. The zero-order valence-electron chi connectivity index (χ0n) is 15.3. The number of benzene rings is 2. The Labute approximate surface area is 153 Å². The van der Waals surface area contributed by atoms with Gasteiger partial charge >= 0.3 is 5.97 Å². The Morgan fingerprint density at radius 3 is 2.42 bits per heavy atom. The second-order valence-electron chi connectivity index (χ2n) is 5.94. The molecule has 2 rings (SSSR count). The zero-order chi connectivity index (χ0) is 18.9. The fourth-order valence-corrected chi connectivity index (χ4v) is 2.52. The van der Waals surface area contributed by atoms with Gasteiger partial charge < -0.3 is 19.3 Å². The number of para-hydroxylation sites is 2. The summed E-state index contributed by atoms with van der Waals surface area (Å²) < 4.78 is 17.0. The summed E-state index contributed by atoms with van der Waals surface area (Å²) in [5.74, 6) is 1.23. The van der Waals surface area contributed by atoms with Crippen LogP contribution in [0.2, 0.25) is 0 Å². The Hall–Kier alpha value is -2.95. The SMILES string of the molecule is COc1cccc(C=CC(=O)O)c1OCCOc1ccccc1C(C)C. The highest BCUT2D eigenvalue weighted by Gasteiger charge is 2.10. The van der Waals surface area contributed by atoms with Crippen molar-refractivity contribution < 1.29 is 24.1 Å². The fourth-order valence-electron chi connectivity index (χ4n) is 2.52. The van der Waals surface area contributed by atoms with Crippen molar-refractivity contribution in [2.75, 3.05) is 20.3 Å². The van der Waals surface area contributed by atoms with Crippen LogP contribution in [0.1, 0.15) is 30.9 Å². The highest BCUT2D eigenvalue weighted by Crippen LogP contribution is 2.32. The number of rotatable bonds is 9. The molecule has 0 spiro atoms. The third-order valence-corrected chi connectivity index (χ3v) is 3.76. The van der Waals surface area contributed by atoms with E-state index in [4.69, 9.17) is 19.3 Å². The van der Waals surface area contributed by atoms with Crippen LogP contribution in [0.4, 0.5) is 0 Å². The van der Waals surface area contributed by atoms with Gasteiger partial charge in [0.25, 0.3) is 0 Å². The molecule has 0 aromatic heterocycles. The number of ether oxygens (including phenoxy) is 3. The zero-order valence-corrected chi connectivity index (χ0v) is 15.3. The first-order valence-corrected chi connectivity index (χ1v) is 8.45. The van der Waals surface area contributed by atoms with E-state index in [0.29, 0.717) is 36.2 Å². The maximum Gasteiger partial charge on any atom is 0.328 e. The van der Waals surface area contributed by atoms with Gasteiger partial charge in [-0.2, -0.15) is 0 Å². The van der Waals surface area contributed by atoms with Crippen molar-refractivity contribution in [1.29, 1.82) is 0 Å². The Balaban J connectivity index is 2.04. The van der Waals surface area contributed by atoms with Crippen molar-refractivity contribution in [2.24, 2.45) is 0 Å². The van der Waals surface area contributed by atoms with E-state index in [-0.39, 0.29) is 0 Å². The van der Waals surface area contributed by atoms with E-state index in [2.05, 4.69) is 19.9 Å². The molecule has 5 heteroatoms. The van der Waals surface area contributed by atoms with E-state index in [1.165, 1.54) is 6.08 Å². The van der Waals surface area contributed by atoms with Gasteiger partial charge in [0.05, 0.1) is 7.11 Å². The largest absolute Gasteiger partial charge is 0.493 e. The molecule has 0 amide bonds. The van der Waals surface area contributed by atoms with E-state index in [9.17, 15) is 4.79 Å². The molecule has 0 radical (unpaired) electrons. The van der Waals surface area contributed by atoms with Crippen molar-refractivity contribution in [3.05, 3.63) is 59.7 Å². The maximum absolute atomic E-state index is 10.8. The van der Waals surface area contributed by atoms with Crippen LogP contribution in [0.15, 0.2) is 48.5 Å². The van der Waals surface area contributed by atoms with Gasteiger partial charge in [-0.3, -0.25) is 0 Å². The van der Waals surface area contributed by atoms with Crippen LogP contribution >= 0.6 is 0 Å². The van der Waals surface area contributed by atoms with E-state index in [1.54, 1.807) is 25.3 Å². The van der Waals surface area contributed by atoms with Crippen molar-refractivity contribution in [1.82, 2.24) is 0 Å². The minimum Gasteiger partial charge on any atom is -0.493 e. The molecule has 138 valence electrons. The van der Waals surface area contributed by atoms with E-state index in [0.717, 1.165) is 17.4 Å². The molecular weight excluding hydrogens is 332 g/mol. The molecule has 0 bridgehead atoms. The Kier molecular flexibility index (Phi) is 7.09. The number of carboxylic acid groups (broad SMARTS) is 1. The average molecular weight is 356 g/mol. The fraction of sp³-hybridized carbons (Fsp3) is 0.286. The van der Waals surface area contributed by atoms with Gasteiger partial charge in [-0.05, 0) is 29.7 Å². The first kappa shape index (κ1) is 19.4. The Bertz CT molecular complexity index is 765. The molecule has 0 unspecified atom stereocenters. The van der Waals surface area contributed by atoms with Crippen LogP contribution < -0.4 is 14.2 Å². The van der Waals surface area contributed by atoms with Crippen LogP contribution in [0.5, 0.6) is 17.2 Å². The maximum atomic E-state index is 10.8. The van der Waals surface area contributed by atoms with Crippen LogP contribution in [-0.2, 0) is 4.79 Å². The number of carboxylic acids is 1. The highest BCUT2D eigenvalue weighted by molar-refractivity contribution is 5.86. The lowest BCUT2D eigenvalue weighted by Crippen LogP contribution is -2.11. The molecule has 0 aliphatic rings. The third kappa shape index (κ3) is 5.28. The lowest BCUT2D eigenvalue weighted by atomic mass is 10.0. The first-order valence-electron chi connectivity index (χ1n) is 8.45. The molecule has 2 aromatic rings. The van der Waals surface area contributed by atoms with Gasteiger partial charge in [-0.15, -0.1) is 0 Å². The van der Waals surface area contributed by atoms with Crippen LogP contribution in [0.25, 0.3) is 6.08 Å². The standard InChI is InChI=1S/C21H24O5/c1-15(2)17-8-4-5-9-18(17)25-13-14-26-21-16(11-12-20(22)23)7-6-10-19(21)24-3/h4-12,15H,13-14H2,1-3H3,(H,22,23). The molecule has 0 fully saturated rings. The van der Waals surface area contributed by atoms with Gasteiger partial charge in [0, 0.05) is 11.6 Å². The highest BCUT2D eigenvalue weighted by atomic mass is 16.5. The molecular formula is C21H24O5. The lowest BCUT2D eigenvalue weighted by Gasteiger charge is -2.16. The molecule has 0 aliphatic heterocycles. The van der Waals surface area contributed by atoms with Crippen molar-refractivity contribution in [3.8, 4) is 17.2 Å². The topological polar surface area (TPSA) is 65.0 Å². The van der Waals surface area contributed by atoms with Crippen LogP contribution in [0.3, 0.4) is 0 Å². The van der Waals surface area contributed by atoms with E-state index >= 15 is 0 Å². The summed E-state index contributed by atoms with van der Waals surface area (Å²) in [5, 5.41) is 8.82. The predicted molar refractivity (Wildman–Crippen MR) is 101 cm³/mol. The van der Waals surface area contributed by atoms with Crippen LogP contribution in [0, 0.1) is 0 Å². The quantitative estimate of drug-likeness (QED) is 0.534. The Morgan fingerprint density at radius 1 is 1.04 bits per heavy atom. The molecule has 5 nitrogen and oxygen atoms in total. The van der Waals surface area contributed by atoms with E-state index < -0.39 is 5.97 Å². The van der Waals surface area contributed by atoms with Crippen LogP contribution in [-0.4, -0.2) is 31.4 Å². The minimum absolute atomic E-state index is 0.306. The molecule has 0 aliphatic carbocycles. The summed E-state index contributed by atoms with van der Waals surface area (Å²) in [6.45, 7) is 4.91. The molecule has 0 saturated heterocycles. The van der Waals surface area contributed by atoms with Gasteiger partial charge in [0.2, 0.25) is 0 Å². The van der Waals surface area contributed by atoms with Gasteiger partial charge in [-0.25, -0.2) is 4.79 Å². The molecule has 26 heavy (non-hydrogen) atoms. The third-order valence-electron chi connectivity index (χ3n) is 3.76. The summed E-state index contributed by atoms with van der Waals surface area (Å²) in [4.78, 5) is 10.8. The minimum atomic E-state index is -1.02. The number of methoxy groups -OCH3 is 1. The van der Waals surface area contributed by atoms with Crippen molar-refractivity contribution in [2.45, 2.75) is 19.8 Å². The number of hydrogen-bond acceptors (Lipinski definition) is 4. The normalized spacial score (nSPS) is 10.9. The number of hydrogen-bond donors (Lipinski definition) is 1. The molecule has 0 atom stereocenters. The summed E-state index contributed by atoms with van der Waals surface area (Å²) >= 11 is 0. The second-order valence-corrected chi connectivity index (χ2v) is 5.94. The second kappa shape index (κ2) is 9.51. The van der Waals surface area contributed by atoms with E-state index in [1.807, 2.05) is 18.2 Å². The first-order chi connectivity index (χ1) is 12.5. The summed E-state index contributed by atoms with van der Waals surface area (Å²) in [6.07, 6.45) is 2.55.